The number of imide groups is 1. The lowest BCUT2D eigenvalue weighted by Crippen LogP contribution is -2.40. The second kappa shape index (κ2) is 5.07. The molecule has 0 N–H and O–H groups in total. The van der Waals surface area contributed by atoms with Crippen molar-refractivity contribution in [2.24, 2.45) is 11.8 Å². The van der Waals surface area contributed by atoms with Crippen molar-refractivity contribution in [2.45, 2.75) is 44.1 Å². The van der Waals surface area contributed by atoms with Crippen LogP contribution in [-0.4, -0.2) is 23.0 Å². The Hall–Kier alpha value is -2.47. The number of carbonyl (C=O) groups is 2. The highest BCUT2D eigenvalue weighted by atomic mass is 19.4. The molecule has 27 heavy (non-hydrogen) atoms. The van der Waals surface area contributed by atoms with E-state index in [4.69, 9.17) is 10.00 Å². The van der Waals surface area contributed by atoms with Crippen LogP contribution in [0.4, 0.5) is 23.2 Å². The first-order chi connectivity index (χ1) is 12.4. The Bertz CT molecular complexity index is 904. The van der Waals surface area contributed by atoms with Gasteiger partial charge in [0, 0.05) is 0 Å². The lowest BCUT2D eigenvalue weighted by Gasteiger charge is -2.27. The minimum atomic E-state index is -5.15. The molecular formula is C18H14F4N2O3. The van der Waals surface area contributed by atoms with Crippen molar-refractivity contribution >= 4 is 17.5 Å². The van der Waals surface area contributed by atoms with Crippen LogP contribution in [0.25, 0.3) is 0 Å². The van der Waals surface area contributed by atoms with Crippen LogP contribution in [0.15, 0.2) is 12.1 Å². The molecule has 9 heteroatoms. The van der Waals surface area contributed by atoms with E-state index >= 15 is 0 Å². The van der Waals surface area contributed by atoms with E-state index in [0.717, 1.165) is 12.1 Å². The number of benzene rings is 1. The fourth-order valence-corrected chi connectivity index (χ4v) is 4.81. The number of nitrogens with zero attached hydrogens (tertiary/aromatic N) is 2. The van der Waals surface area contributed by atoms with Crippen LogP contribution in [0.1, 0.15) is 37.8 Å². The van der Waals surface area contributed by atoms with Crippen molar-refractivity contribution < 1.29 is 31.9 Å². The molecule has 5 nitrogen and oxygen atoms in total. The van der Waals surface area contributed by atoms with Gasteiger partial charge in [-0.05, 0) is 38.8 Å². The highest BCUT2D eigenvalue weighted by Gasteiger charge is 2.72. The molecule has 142 valence electrons. The van der Waals surface area contributed by atoms with Crippen LogP contribution in [-0.2, 0) is 20.5 Å². The maximum Gasteiger partial charge on any atom is 0.420 e. The predicted molar refractivity (Wildman–Crippen MR) is 82.7 cm³/mol. The second-order valence-electron chi connectivity index (χ2n) is 7.63. The number of fused-ring (bicyclic) bond motifs is 5. The Kier molecular flexibility index (Phi) is 3.37. The molecule has 2 amide bonds. The third-order valence-electron chi connectivity index (χ3n) is 5.97. The molecule has 0 saturated carbocycles. The van der Waals surface area contributed by atoms with E-state index in [1.807, 2.05) is 0 Å². The summed E-state index contributed by atoms with van der Waals surface area (Å²) in [6.07, 6.45) is -4.09. The molecule has 0 spiro atoms. The number of hydrogen-bond acceptors (Lipinski definition) is 4. The number of hydrogen-bond donors (Lipinski definition) is 0. The quantitative estimate of drug-likeness (QED) is 0.553. The van der Waals surface area contributed by atoms with Gasteiger partial charge in [-0.25, -0.2) is 9.29 Å². The largest absolute Gasteiger partial charge is 0.420 e. The first-order valence-electron chi connectivity index (χ1n) is 8.32. The maximum absolute atomic E-state index is 14.7. The second-order valence-corrected chi connectivity index (χ2v) is 7.63. The maximum atomic E-state index is 14.7. The van der Waals surface area contributed by atoms with Gasteiger partial charge >= 0.3 is 6.18 Å². The minimum absolute atomic E-state index is 0.491. The monoisotopic (exact) mass is 382 g/mol. The molecule has 1 aromatic carbocycles. The SMILES string of the molecule is CC12CC[C@@](C)(O1)[C@H]1C(=O)N(c3ccc(C#N)c(C(F)(F)F)c3F)C(=O)[C@H]12. The molecule has 4 atom stereocenters. The molecule has 0 aliphatic carbocycles. The van der Waals surface area contributed by atoms with Crippen LogP contribution in [0.3, 0.4) is 0 Å². The summed E-state index contributed by atoms with van der Waals surface area (Å²) in [5.74, 6) is -5.08. The van der Waals surface area contributed by atoms with E-state index in [1.54, 1.807) is 13.8 Å². The van der Waals surface area contributed by atoms with Gasteiger partial charge in [0.1, 0.15) is 5.56 Å². The molecular weight excluding hydrogens is 368 g/mol. The molecule has 4 rings (SSSR count). The van der Waals surface area contributed by atoms with Crippen LogP contribution < -0.4 is 4.90 Å². The number of halogens is 4. The summed E-state index contributed by atoms with van der Waals surface area (Å²) in [4.78, 5) is 26.3. The first-order valence-corrected chi connectivity index (χ1v) is 8.32. The summed E-state index contributed by atoms with van der Waals surface area (Å²) in [6.45, 7) is 3.38. The molecule has 3 aliphatic heterocycles. The normalized spacial score (nSPS) is 34.9. The molecule has 3 heterocycles. The Labute approximate surface area is 151 Å². The van der Waals surface area contributed by atoms with Crippen molar-refractivity contribution in [3.63, 3.8) is 0 Å². The van der Waals surface area contributed by atoms with Gasteiger partial charge in [-0.1, -0.05) is 0 Å². The Morgan fingerprint density at radius 2 is 1.67 bits per heavy atom. The minimum Gasteiger partial charge on any atom is -0.367 e. The van der Waals surface area contributed by atoms with Gasteiger partial charge in [-0.2, -0.15) is 18.4 Å². The van der Waals surface area contributed by atoms with Crippen molar-refractivity contribution in [3.8, 4) is 6.07 Å². The first kappa shape index (κ1) is 17.9. The molecule has 3 aliphatic rings. The molecule has 0 radical (unpaired) electrons. The van der Waals surface area contributed by atoms with E-state index in [2.05, 4.69) is 0 Å². The highest BCUT2D eigenvalue weighted by Crippen LogP contribution is 2.61. The molecule has 1 aromatic rings. The number of anilines is 1. The molecule has 3 saturated heterocycles. The van der Waals surface area contributed by atoms with E-state index in [9.17, 15) is 27.2 Å². The van der Waals surface area contributed by atoms with Gasteiger partial charge in [0.25, 0.3) is 0 Å². The van der Waals surface area contributed by atoms with Gasteiger partial charge in [0.05, 0.1) is 40.4 Å². The Morgan fingerprint density at radius 3 is 2.11 bits per heavy atom. The summed E-state index contributed by atoms with van der Waals surface area (Å²) in [7, 11) is 0. The third kappa shape index (κ3) is 2.13. The number of carbonyl (C=O) groups excluding carboxylic acids is 2. The third-order valence-corrected chi connectivity index (χ3v) is 5.97. The van der Waals surface area contributed by atoms with Gasteiger partial charge in [-0.3, -0.25) is 9.59 Å². The van der Waals surface area contributed by atoms with Crippen molar-refractivity contribution in [1.29, 1.82) is 5.26 Å². The van der Waals surface area contributed by atoms with E-state index in [0.29, 0.717) is 17.7 Å². The summed E-state index contributed by atoms with van der Waals surface area (Å²) < 4.78 is 60.4. The van der Waals surface area contributed by atoms with Crippen molar-refractivity contribution in [2.75, 3.05) is 4.90 Å². The molecule has 0 aromatic heterocycles. The van der Waals surface area contributed by atoms with E-state index in [1.165, 1.54) is 6.07 Å². The van der Waals surface area contributed by atoms with Gasteiger partial charge in [0.15, 0.2) is 5.82 Å². The van der Waals surface area contributed by atoms with Crippen LogP contribution in [0.2, 0.25) is 0 Å². The summed E-state index contributed by atoms with van der Waals surface area (Å²) in [5.41, 5.74) is -5.28. The van der Waals surface area contributed by atoms with E-state index < -0.39 is 63.7 Å². The predicted octanol–water partition coefficient (Wildman–Crippen LogP) is 3.16. The lowest BCUT2D eigenvalue weighted by molar-refractivity contribution is -0.140. The standard InChI is InChI=1S/C18H14F4N2O3/c1-16-5-6-17(2,27-16)12-11(16)14(25)24(15(12)26)9-4-3-8(7-23)10(13(9)19)18(20,21)22/h3-4,11-12H,5-6H2,1-2H3/t11-,12+,16-,17?/m1/s1. The number of rotatable bonds is 1. The fraction of sp³-hybridized carbons (Fsp3) is 0.500. The molecule has 2 bridgehead atoms. The van der Waals surface area contributed by atoms with Crippen LogP contribution in [0, 0.1) is 29.0 Å². The van der Waals surface area contributed by atoms with Crippen molar-refractivity contribution in [3.05, 3.63) is 29.1 Å². The van der Waals surface area contributed by atoms with Gasteiger partial charge < -0.3 is 4.74 Å². The Balaban J connectivity index is 1.86. The number of nitriles is 1. The fourth-order valence-electron chi connectivity index (χ4n) is 4.81. The van der Waals surface area contributed by atoms with E-state index in [-0.39, 0.29) is 0 Å². The van der Waals surface area contributed by atoms with Crippen LogP contribution >= 0.6 is 0 Å². The average molecular weight is 382 g/mol. The number of amides is 2. The summed E-state index contributed by atoms with van der Waals surface area (Å²) >= 11 is 0. The molecule has 1 unspecified atom stereocenters. The number of ether oxygens (including phenoxy) is 1. The Morgan fingerprint density at radius 1 is 1.15 bits per heavy atom. The van der Waals surface area contributed by atoms with Crippen molar-refractivity contribution in [1.82, 2.24) is 0 Å². The zero-order valence-corrected chi connectivity index (χ0v) is 14.4. The zero-order chi connectivity index (χ0) is 19.9. The van der Waals surface area contributed by atoms with Gasteiger partial charge in [-0.15, -0.1) is 0 Å². The smallest absolute Gasteiger partial charge is 0.367 e. The number of alkyl halides is 3. The highest BCUT2D eigenvalue weighted by molar-refractivity contribution is 6.23. The van der Waals surface area contributed by atoms with Crippen LogP contribution in [0.5, 0.6) is 0 Å². The molecule has 3 fully saturated rings. The summed E-state index contributed by atoms with van der Waals surface area (Å²) in [6, 6.07) is 2.93. The zero-order valence-electron chi connectivity index (χ0n) is 14.4. The topological polar surface area (TPSA) is 70.4 Å². The lowest BCUT2D eigenvalue weighted by atomic mass is 9.69. The summed E-state index contributed by atoms with van der Waals surface area (Å²) in [5, 5.41) is 8.86. The van der Waals surface area contributed by atoms with Gasteiger partial charge in [0.2, 0.25) is 11.8 Å². The average Bonchev–Trinajstić information content (AvgIpc) is 3.11.